The number of amides is 4. The van der Waals surface area contributed by atoms with Crippen molar-refractivity contribution in [1.29, 1.82) is 0 Å². The first-order chi connectivity index (χ1) is 27.5. The van der Waals surface area contributed by atoms with Crippen LogP contribution in [-0.2, 0) is 48.2 Å². The number of carbonyl (C=O) groups is 5. The molecule has 3 aliphatic heterocycles. The number of nitrogens with one attached hydrogen (secondary N) is 3. The predicted octanol–water partition coefficient (Wildman–Crippen LogP) is 2.46. The standard InChI is InChI=1S/C44H59N7O6/c1-30(2)22-38(49-43(55)39(24-32-16-8-4-9-17-32)48-41(53)36(46)23-31-14-6-3-7-15-31)42(54)47-37(20-12-13-21-45)44(56)50-26-34-25-35(27-50)51(34)28-40(52)57-29-33-18-10-5-11-19-33/h3-11,14-19,30,34-39H,12-13,20-29,45-46H2,1-2H3,(H,47,54)(H,48,53)(H,49,55). The lowest BCUT2D eigenvalue weighted by Crippen LogP contribution is -2.71. The number of unbranched alkanes of at least 4 members (excludes halogenated alkanes) is 1. The molecule has 7 N–H and O–H groups in total. The molecule has 0 saturated carbocycles. The molecular weight excluding hydrogens is 723 g/mol. The number of nitrogens with zero attached hydrogens (tertiary/aromatic N) is 2. The highest BCUT2D eigenvalue weighted by atomic mass is 16.5. The van der Waals surface area contributed by atoms with Crippen LogP contribution in [0.2, 0.25) is 0 Å². The predicted molar refractivity (Wildman–Crippen MR) is 218 cm³/mol. The number of piperidine rings is 1. The molecule has 13 heteroatoms. The Labute approximate surface area is 336 Å². The number of esters is 1. The highest BCUT2D eigenvalue weighted by molar-refractivity contribution is 5.95. The summed E-state index contributed by atoms with van der Waals surface area (Å²) in [7, 11) is 0. The first-order valence-corrected chi connectivity index (χ1v) is 20.2. The largest absolute Gasteiger partial charge is 0.460 e. The third-order valence-electron chi connectivity index (χ3n) is 10.7. The molecular formula is C44H59N7O6. The molecule has 0 spiro atoms. The van der Waals surface area contributed by atoms with Crippen LogP contribution in [0.3, 0.4) is 0 Å². The van der Waals surface area contributed by atoms with Crippen LogP contribution in [0.4, 0.5) is 0 Å². The van der Waals surface area contributed by atoms with E-state index in [1.807, 2.05) is 105 Å². The Morgan fingerprint density at radius 2 is 1.23 bits per heavy atom. The molecule has 13 nitrogen and oxygen atoms in total. The van der Waals surface area contributed by atoms with Crippen molar-refractivity contribution in [3.05, 3.63) is 108 Å². The molecule has 3 heterocycles. The van der Waals surface area contributed by atoms with Crippen LogP contribution >= 0.6 is 0 Å². The van der Waals surface area contributed by atoms with Gasteiger partial charge in [-0.25, -0.2) is 0 Å². The van der Waals surface area contributed by atoms with E-state index >= 15 is 0 Å². The fourth-order valence-electron chi connectivity index (χ4n) is 7.57. The minimum atomic E-state index is -1.01. The first-order valence-electron chi connectivity index (χ1n) is 20.2. The molecule has 0 radical (unpaired) electrons. The lowest BCUT2D eigenvalue weighted by molar-refractivity contribution is -0.159. The summed E-state index contributed by atoms with van der Waals surface area (Å²) in [5, 5.41) is 8.74. The Balaban J connectivity index is 1.22. The molecule has 0 aliphatic carbocycles. The van der Waals surface area contributed by atoms with Crippen molar-refractivity contribution >= 4 is 29.6 Å². The van der Waals surface area contributed by atoms with Gasteiger partial charge >= 0.3 is 5.97 Å². The average Bonchev–Trinajstić information content (AvgIpc) is 3.21. The van der Waals surface area contributed by atoms with Crippen LogP contribution in [0.5, 0.6) is 0 Å². The van der Waals surface area contributed by atoms with Gasteiger partial charge in [0.15, 0.2) is 0 Å². The van der Waals surface area contributed by atoms with Crippen LogP contribution < -0.4 is 27.4 Å². The van der Waals surface area contributed by atoms with E-state index < -0.39 is 41.9 Å². The molecule has 57 heavy (non-hydrogen) atoms. The second kappa shape index (κ2) is 21.4. The summed E-state index contributed by atoms with van der Waals surface area (Å²) in [5.41, 5.74) is 14.7. The molecule has 3 aromatic rings. The number of fused-ring (bicyclic) bond motifs is 2. The molecule has 3 fully saturated rings. The van der Waals surface area contributed by atoms with Gasteiger partial charge in [0.2, 0.25) is 23.6 Å². The number of carbonyl (C=O) groups excluding carboxylic acids is 5. The summed E-state index contributed by atoms with van der Waals surface area (Å²) in [5.74, 6) is -1.96. The smallest absolute Gasteiger partial charge is 0.320 e. The van der Waals surface area contributed by atoms with Crippen LogP contribution in [0.25, 0.3) is 0 Å². The fourth-order valence-corrected chi connectivity index (χ4v) is 7.57. The maximum Gasteiger partial charge on any atom is 0.320 e. The molecule has 4 amide bonds. The van der Waals surface area contributed by atoms with Gasteiger partial charge in [-0.2, -0.15) is 0 Å². The SMILES string of the molecule is CC(C)CC(NC(=O)C(Cc1ccccc1)NC(=O)C(N)Cc1ccccc1)C(=O)NC(CCCCN)C(=O)N1CC2CC(C1)N2CC(=O)OCc1ccccc1. The topological polar surface area (TPSA) is 189 Å². The Hall–Kier alpha value is -5.11. The van der Waals surface area contributed by atoms with Crippen LogP contribution in [0.1, 0.15) is 62.6 Å². The monoisotopic (exact) mass is 781 g/mol. The lowest BCUT2D eigenvalue weighted by Gasteiger charge is -2.56. The molecule has 0 aromatic heterocycles. The van der Waals surface area contributed by atoms with Crippen LogP contribution in [0.15, 0.2) is 91.0 Å². The van der Waals surface area contributed by atoms with E-state index in [2.05, 4.69) is 20.9 Å². The maximum atomic E-state index is 14.1. The average molecular weight is 782 g/mol. The molecule has 3 aromatic carbocycles. The Bertz CT molecular complexity index is 1750. The lowest BCUT2D eigenvalue weighted by atomic mass is 9.87. The van der Waals surface area contributed by atoms with E-state index in [1.165, 1.54) is 0 Å². The van der Waals surface area contributed by atoms with Crippen LogP contribution in [-0.4, -0.2) is 102 Å². The summed E-state index contributed by atoms with van der Waals surface area (Å²) in [4.78, 5) is 72.1. The van der Waals surface area contributed by atoms with Gasteiger partial charge < -0.3 is 37.1 Å². The van der Waals surface area contributed by atoms with Gasteiger partial charge in [0.1, 0.15) is 24.7 Å². The van der Waals surface area contributed by atoms with Crippen molar-refractivity contribution in [1.82, 2.24) is 25.8 Å². The van der Waals surface area contributed by atoms with Crippen molar-refractivity contribution in [2.75, 3.05) is 26.2 Å². The summed E-state index contributed by atoms with van der Waals surface area (Å²) in [6.07, 6.45) is 3.36. The van der Waals surface area contributed by atoms with E-state index in [0.29, 0.717) is 51.7 Å². The van der Waals surface area contributed by atoms with Gasteiger partial charge in [0.05, 0.1) is 12.6 Å². The highest BCUT2D eigenvalue weighted by Crippen LogP contribution is 2.32. The zero-order chi connectivity index (χ0) is 40.7. The van der Waals surface area contributed by atoms with Crippen molar-refractivity contribution in [3.8, 4) is 0 Å². The summed E-state index contributed by atoms with van der Waals surface area (Å²) >= 11 is 0. The van der Waals surface area contributed by atoms with E-state index in [0.717, 1.165) is 23.1 Å². The quantitative estimate of drug-likeness (QED) is 0.0799. The van der Waals surface area contributed by atoms with Gasteiger partial charge in [-0.15, -0.1) is 0 Å². The number of benzene rings is 3. The Morgan fingerprint density at radius 3 is 1.81 bits per heavy atom. The van der Waals surface area contributed by atoms with E-state index in [4.69, 9.17) is 16.2 Å². The Kier molecular flexibility index (Phi) is 16.2. The van der Waals surface area contributed by atoms with E-state index in [9.17, 15) is 24.0 Å². The third kappa shape index (κ3) is 13.0. The molecule has 6 unspecified atom stereocenters. The summed E-state index contributed by atoms with van der Waals surface area (Å²) < 4.78 is 5.51. The summed E-state index contributed by atoms with van der Waals surface area (Å²) in [6, 6.07) is 24.6. The number of rotatable bonds is 21. The Morgan fingerprint density at radius 1 is 0.702 bits per heavy atom. The highest BCUT2D eigenvalue weighted by Gasteiger charge is 2.47. The van der Waals surface area contributed by atoms with Gasteiger partial charge in [-0.05, 0) is 67.7 Å². The van der Waals surface area contributed by atoms with E-state index in [1.54, 1.807) is 4.90 Å². The second-order valence-corrected chi connectivity index (χ2v) is 15.7. The molecule has 6 rings (SSSR count). The zero-order valence-electron chi connectivity index (χ0n) is 33.2. The first kappa shape index (κ1) is 43.0. The van der Waals surface area contributed by atoms with Crippen molar-refractivity contribution in [3.63, 3.8) is 0 Å². The number of nitrogens with two attached hydrogens (primary N) is 2. The number of piperazine rings is 1. The minimum absolute atomic E-state index is 0.0166. The van der Waals surface area contributed by atoms with Crippen LogP contribution in [0, 0.1) is 5.92 Å². The van der Waals surface area contributed by atoms with Crippen molar-refractivity contribution in [2.45, 2.75) is 102 Å². The number of hydrogen-bond acceptors (Lipinski definition) is 9. The number of hydrogen-bond donors (Lipinski definition) is 5. The normalized spacial score (nSPS) is 18.4. The second-order valence-electron chi connectivity index (χ2n) is 15.7. The van der Waals surface area contributed by atoms with Gasteiger partial charge in [0, 0.05) is 31.6 Å². The fraction of sp³-hybridized carbons (Fsp3) is 0.477. The van der Waals surface area contributed by atoms with Gasteiger partial charge in [-0.3, -0.25) is 28.9 Å². The molecule has 3 aliphatic rings. The van der Waals surface area contributed by atoms with Gasteiger partial charge in [0.25, 0.3) is 0 Å². The molecule has 3 saturated heterocycles. The molecule has 2 bridgehead atoms. The molecule has 6 atom stereocenters. The van der Waals surface area contributed by atoms with E-state index in [-0.39, 0.29) is 49.5 Å². The summed E-state index contributed by atoms with van der Waals surface area (Å²) in [6.45, 7) is 5.58. The zero-order valence-corrected chi connectivity index (χ0v) is 33.2. The molecule has 306 valence electrons. The number of ether oxygens (including phenoxy) is 1. The van der Waals surface area contributed by atoms with Gasteiger partial charge in [-0.1, -0.05) is 105 Å². The minimum Gasteiger partial charge on any atom is -0.460 e. The maximum absolute atomic E-state index is 14.1. The van der Waals surface area contributed by atoms with Crippen molar-refractivity contribution < 1.29 is 28.7 Å². The van der Waals surface area contributed by atoms with Crippen molar-refractivity contribution in [2.24, 2.45) is 17.4 Å². The third-order valence-corrected chi connectivity index (χ3v) is 10.7.